The van der Waals surface area contributed by atoms with Crippen molar-refractivity contribution in [1.29, 1.82) is 0 Å². The van der Waals surface area contributed by atoms with Gasteiger partial charge in [0, 0.05) is 22.8 Å². The lowest BCUT2D eigenvalue weighted by atomic mass is 10.1. The van der Waals surface area contributed by atoms with Crippen molar-refractivity contribution in [3.05, 3.63) is 28.8 Å². The number of carbonyl (C=O) groups excluding carboxylic acids is 1. The fourth-order valence-corrected chi connectivity index (χ4v) is 3.59. The van der Waals surface area contributed by atoms with Gasteiger partial charge in [-0.1, -0.05) is 12.8 Å². The Morgan fingerprint density at radius 2 is 2.00 bits per heavy atom. The smallest absolute Gasteiger partial charge is 0.261 e. The lowest BCUT2D eigenvalue weighted by Gasteiger charge is -2.10. The molecule has 21 heavy (non-hydrogen) atoms. The molecule has 0 heterocycles. The number of carbonyl (C=O) groups is 1. The van der Waals surface area contributed by atoms with Gasteiger partial charge in [-0.15, -0.1) is 0 Å². The molecule has 0 saturated heterocycles. The maximum atomic E-state index is 12.1. The van der Waals surface area contributed by atoms with Gasteiger partial charge in [0.15, 0.2) is 0 Å². The molecule has 6 heteroatoms. The van der Waals surface area contributed by atoms with Gasteiger partial charge in [-0.3, -0.25) is 4.79 Å². The Morgan fingerprint density at radius 3 is 2.57 bits per heavy atom. The van der Waals surface area contributed by atoms with Crippen molar-refractivity contribution in [1.82, 2.24) is 5.32 Å². The summed E-state index contributed by atoms with van der Waals surface area (Å²) in [5.74, 6) is 0.590. The highest BCUT2D eigenvalue weighted by atomic mass is 35.7. The summed E-state index contributed by atoms with van der Waals surface area (Å²) in [5.41, 5.74) is 1.65. The second-order valence-corrected chi connectivity index (χ2v) is 8.23. The fourth-order valence-electron chi connectivity index (χ4n) is 2.31. The zero-order chi connectivity index (χ0) is 15.6. The van der Waals surface area contributed by atoms with Crippen LogP contribution in [0, 0.1) is 19.8 Å². The molecule has 1 saturated carbocycles. The standard InChI is InChI=1S/C15H20ClNO3S/c1-10-8-13(9-14(11(10)2)21(16,19)20)15(18)17-7-3-4-12-5-6-12/h8-9,12H,3-7H2,1-2H3,(H,17,18). The molecule has 4 nitrogen and oxygen atoms in total. The monoisotopic (exact) mass is 329 g/mol. The number of nitrogens with one attached hydrogen (secondary N) is 1. The van der Waals surface area contributed by atoms with Crippen molar-refractivity contribution in [3.63, 3.8) is 0 Å². The summed E-state index contributed by atoms with van der Waals surface area (Å²) in [5, 5.41) is 2.83. The average Bonchev–Trinajstić information content (AvgIpc) is 3.20. The van der Waals surface area contributed by atoms with E-state index in [2.05, 4.69) is 5.32 Å². The summed E-state index contributed by atoms with van der Waals surface area (Å²) in [7, 11) is 1.57. The molecule has 0 aliphatic heterocycles. The van der Waals surface area contributed by atoms with E-state index < -0.39 is 9.05 Å². The first-order chi connectivity index (χ1) is 9.79. The van der Waals surface area contributed by atoms with Crippen molar-refractivity contribution >= 4 is 25.6 Å². The van der Waals surface area contributed by atoms with E-state index in [0.717, 1.165) is 24.3 Å². The van der Waals surface area contributed by atoms with E-state index in [9.17, 15) is 13.2 Å². The lowest BCUT2D eigenvalue weighted by molar-refractivity contribution is 0.0952. The van der Waals surface area contributed by atoms with Crippen LogP contribution in [0.1, 0.15) is 47.2 Å². The van der Waals surface area contributed by atoms with Crippen molar-refractivity contribution in [2.24, 2.45) is 5.92 Å². The summed E-state index contributed by atoms with van der Waals surface area (Å²) in [6.45, 7) is 4.07. The number of amides is 1. The Balaban J connectivity index is 2.07. The minimum Gasteiger partial charge on any atom is -0.352 e. The van der Waals surface area contributed by atoms with Crippen LogP contribution in [0.4, 0.5) is 0 Å². The Morgan fingerprint density at radius 1 is 1.33 bits per heavy atom. The number of hydrogen-bond donors (Lipinski definition) is 1. The van der Waals surface area contributed by atoms with Gasteiger partial charge in [0.25, 0.3) is 15.0 Å². The molecular formula is C15H20ClNO3S. The topological polar surface area (TPSA) is 63.2 Å². The normalized spacial score (nSPS) is 15.0. The zero-order valence-electron chi connectivity index (χ0n) is 12.3. The van der Waals surface area contributed by atoms with Crippen LogP contribution in [0.3, 0.4) is 0 Å². The predicted molar refractivity (Wildman–Crippen MR) is 83.2 cm³/mol. The second-order valence-electron chi connectivity index (χ2n) is 5.70. The first-order valence-electron chi connectivity index (χ1n) is 7.13. The quantitative estimate of drug-likeness (QED) is 0.644. The van der Waals surface area contributed by atoms with E-state index in [-0.39, 0.29) is 10.8 Å². The molecule has 0 radical (unpaired) electrons. The predicted octanol–water partition coefficient (Wildman–Crippen LogP) is 3.15. The third kappa shape index (κ3) is 4.45. The van der Waals surface area contributed by atoms with Gasteiger partial charge >= 0.3 is 0 Å². The van der Waals surface area contributed by atoms with Gasteiger partial charge in [-0.2, -0.15) is 0 Å². The molecule has 0 atom stereocenters. The molecular weight excluding hydrogens is 310 g/mol. The van der Waals surface area contributed by atoms with Crippen LogP contribution < -0.4 is 5.32 Å². The summed E-state index contributed by atoms with van der Waals surface area (Å²) in [6, 6.07) is 3.04. The summed E-state index contributed by atoms with van der Waals surface area (Å²) >= 11 is 0. The highest BCUT2D eigenvalue weighted by Gasteiger charge is 2.21. The Kier molecular flexibility index (Phi) is 4.94. The van der Waals surface area contributed by atoms with E-state index >= 15 is 0 Å². The molecule has 1 fully saturated rings. The van der Waals surface area contributed by atoms with Crippen LogP contribution in [0.25, 0.3) is 0 Å². The number of hydrogen-bond acceptors (Lipinski definition) is 3. The average molecular weight is 330 g/mol. The molecule has 2 rings (SSSR count). The first-order valence-corrected chi connectivity index (χ1v) is 9.44. The van der Waals surface area contributed by atoms with Gasteiger partial charge in [-0.25, -0.2) is 8.42 Å². The Bertz CT molecular complexity index is 651. The van der Waals surface area contributed by atoms with Gasteiger partial charge in [-0.05, 0) is 55.9 Å². The fraction of sp³-hybridized carbons (Fsp3) is 0.533. The largest absolute Gasteiger partial charge is 0.352 e. The molecule has 0 unspecified atom stereocenters. The van der Waals surface area contributed by atoms with Gasteiger partial charge in [0.2, 0.25) is 0 Å². The zero-order valence-corrected chi connectivity index (χ0v) is 13.9. The Hall–Kier alpha value is -1.07. The molecule has 116 valence electrons. The number of benzene rings is 1. The summed E-state index contributed by atoms with van der Waals surface area (Å²) in [4.78, 5) is 12.1. The second kappa shape index (κ2) is 6.36. The van der Waals surface area contributed by atoms with Crippen molar-refractivity contribution in [2.75, 3.05) is 6.54 Å². The number of rotatable bonds is 6. The van der Waals surface area contributed by atoms with Crippen LogP contribution in [0.5, 0.6) is 0 Å². The van der Waals surface area contributed by atoms with E-state index in [1.807, 2.05) is 0 Å². The summed E-state index contributed by atoms with van der Waals surface area (Å²) in [6.07, 6.45) is 4.72. The molecule has 0 aromatic heterocycles. The molecule has 1 aliphatic rings. The minimum atomic E-state index is -3.85. The van der Waals surface area contributed by atoms with Crippen LogP contribution in [0.15, 0.2) is 17.0 Å². The van der Waals surface area contributed by atoms with Crippen molar-refractivity contribution in [3.8, 4) is 0 Å². The van der Waals surface area contributed by atoms with Gasteiger partial charge in [0.05, 0.1) is 4.90 Å². The molecule has 1 N–H and O–H groups in total. The first kappa shape index (κ1) is 16.3. The molecule has 1 aromatic carbocycles. The Labute approximate surface area is 130 Å². The third-order valence-corrected chi connectivity index (χ3v) is 5.36. The highest BCUT2D eigenvalue weighted by molar-refractivity contribution is 8.13. The molecule has 0 bridgehead atoms. The van der Waals surface area contributed by atoms with Crippen LogP contribution >= 0.6 is 10.7 Å². The SMILES string of the molecule is Cc1cc(C(=O)NCCCC2CC2)cc(S(=O)(=O)Cl)c1C. The van der Waals surface area contributed by atoms with Gasteiger partial charge in [0.1, 0.15) is 0 Å². The lowest BCUT2D eigenvalue weighted by Crippen LogP contribution is -2.25. The number of halogens is 1. The molecule has 1 aliphatic carbocycles. The summed E-state index contributed by atoms with van der Waals surface area (Å²) < 4.78 is 23.1. The highest BCUT2D eigenvalue weighted by Crippen LogP contribution is 2.33. The van der Waals surface area contributed by atoms with E-state index in [1.165, 1.54) is 18.9 Å². The molecule has 0 spiro atoms. The van der Waals surface area contributed by atoms with Crippen LogP contribution in [0.2, 0.25) is 0 Å². The maximum Gasteiger partial charge on any atom is 0.261 e. The van der Waals surface area contributed by atoms with Crippen molar-refractivity contribution in [2.45, 2.75) is 44.4 Å². The van der Waals surface area contributed by atoms with E-state index in [4.69, 9.17) is 10.7 Å². The van der Waals surface area contributed by atoms with E-state index in [1.54, 1.807) is 19.9 Å². The third-order valence-electron chi connectivity index (χ3n) is 3.92. The minimum absolute atomic E-state index is 0.00676. The van der Waals surface area contributed by atoms with Crippen LogP contribution in [-0.2, 0) is 9.05 Å². The molecule has 1 amide bonds. The molecule has 1 aromatic rings. The van der Waals surface area contributed by atoms with Gasteiger partial charge < -0.3 is 5.32 Å². The van der Waals surface area contributed by atoms with E-state index in [0.29, 0.717) is 17.7 Å². The van der Waals surface area contributed by atoms with Crippen LogP contribution in [-0.4, -0.2) is 20.9 Å². The van der Waals surface area contributed by atoms with Crippen molar-refractivity contribution < 1.29 is 13.2 Å². The number of aryl methyl sites for hydroxylation is 1. The maximum absolute atomic E-state index is 12.1.